The fourth-order valence-electron chi connectivity index (χ4n) is 1.76. The molecule has 14 heavy (non-hydrogen) atoms. The first-order valence-corrected chi connectivity index (χ1v) is 6.48. The minimum absolute atomic E-state index is 0.152. The highest BCUT2D eigenvalue weighted by molar-refractivity contribution is 4.53. The third-order valence-electron chi connectivity index (χ3n) is 2.74. The summed E-state index contributed by atoms with van der Waals surface area (Å²) in [4.78, 5) is 0. The average Bonchev–Trinajstić information content (AvgIpc) is 2.15. The predicted octanol–water partition coefficient (Wildman–Crippen LogP) is 4.58. The maximum atomic E-state index is 7.37. The van der Waals surface area contributed by atoms with E-state index in [-0.39, 0.29) is 6.04 Å². The van der Waals surface area contributed by atoms with E-state index in [9.17, 15) is 0 Å². The van der Waals surface area contributed by atoms with E-state index in [0.29, 0.717) is 0 Å². The molecule has 0 aromatic rings. The Labute approximate surface area is 90.5 Å². The molecule has 0 heterocycles. The van der Waals surface area contributed by atoms with Crippen molar-refractivity contribution in [3.05, 3.63) is 0 Å². The first kappa shape index (κ1) is 14.0. The molecule has 0 saturated carbocycles. The molecule has 1 N–H and O–H groups in total. The molecule has 0 amide bonds. The summed E-state index contributed by atoms with van der Waals surface area (Å²) in [6.07, 6.45) is 13.6. The molecule has 85 valence electrons. The number of unbranched alkanes of at least 4 members (excludes halogenated alkanes) is 8. The van der Waals surface area contributed by atoms with Gasteiger partial charge in [0.25, 0.3) is 0 Å². The van der Waals surface area contributed by atoms with Gasteiger partial charge in [0.1, 0.15) is 0 Å². The van der Waals surface area contributed by atoms with Crippen molar-refractivity contribution in [3.8, 4) is 0 Å². The lowest BCUT2D eigenvalue weighted by Gasteiger charge is -2.03. The van der Waals surface area contributed by atoms with Crippen LogP contribution in [0.15, 0.2) is 0 Å². The fourth-order valence-corrected chi connectivity index (χ4v) is 1.76. The van der Waals surface area contributed by atoms with E-state index in [0.717, 1.165) is 6.42 Å². The smallest absolute Gasteiger partial charge is 0.0184 e. The standard InChI is InChI=1S/C13H28N/c1-3-4-5-6-7-8-9-10-11-12-13(2)14/h13-14H,3-12H2,1-2H3. The van der Waals surface area contributed by atoms with Crippen LogP contribution >= 0.6 is 0 Å². The minimum Gasteiger partial charge on any atom is -0.255 e. The summed E-state index contributed by atoms with van der Waals surface area (Å²) < 4.78 is 0. The first-order chi connectivity index (χ1) is 6.77. The van der Waals surface area contributed by atoms with Gasteiger partial charge in [-0.3, -0.25) is 5.73 Å². The highest BCUT2D eigenvalue weighted by atomic mass is 14.6. The van der Waals surface area contributed by atoms with E-state index in [1.807, 2.05) is 6.92 Å². The van der Waals surface area contributed by atoms with Gasteiger partial charge in [-0.05, 0) is 13.3 Å². The summed E-state index contributed by atoms with van der Waals surface area (Å²) in [5, 5.41) is 0. The van der Waals surface area contributed by atoms with Gasteiger partial charge in [-0.25, -0.2) is 0 Å². The molecular weight excluding hydrogens is 170 g/mol. The summed E-state index contributed by atoms with van der Waals surface area (Å²) in [5.41, 5.74) is 7.37. The number of hydrogen-bond donors (Lipinski definition) is 0. The second-order valence-corrected chi connectivity index (χ2v) is 4.52. The van der Waals surface area contributed by atoms with E-state index in [4.69, 9.17) is 5.73 Å². The Hall–Kier alpha value is -0.0400. The van der Waals surface area contributed by atoms with Crippen molar-refractivity contribution >= 4 is 0 Å². The molecule has 0 aliphatic rings. The van der Waals surface area contributed by atoms with Crippen molar-refractivity contribution < 1.29 is 0 Å². The molecule has 0 saturated heterocycles. The largest absolute Gasteiger partial charge is 0.255 e. The van der Waals surface area contributed by atoms with Gasteiger partial charge in [0.2, 0.25) is 0 Å². The maximum absolute atomic E-state index is 7.37. The molecule has 1 unspecified atom stereocenters. The van der Waals surface area contributed by atoms with Crippen molar-refractivity contribution in [3.63, 3.8) is 0 Å². The van der Waals surface area contributed by atoms with Gasteiger partial charge in [0.05, 0.1) is 0 Å². The molecule has 0 bridgehead atoms. The van der Waals surface area contributed by atoms with Gasteiger partial charge in [-0.15, -0.1) is 0 Å². The third-order valence-corrected chi connectivity index (χ3v) is 2.74. The lowest BCUT2D eigenvalue weighted by molar-refractivity contribution is 0.532. The predicted molar refractivity (Wildman–Crippen MR) is 64.4 cm³/mol. The molecule has 1 heteroatoms. The summed E-state index contributed by atoms with van der Waals surface area (Å²) >= 11 is 0. The minimum atomic E-state index is 0.152. The van der Waals surface area contributed by atoms with Gasteiger partial charge in [0, 0.05) is 6.04 Å². The summed E-state index contributed by atoms with van der Waals surface area (Å²) in [5.74, 6) is 0. The van der Waals surface area contributed by atoms with Crippen LogP contribution in [0.1, 0.15) is 78.1 Å². The molecule has 0 aliphatic carbocycles. The highest BCUT2D eigenvalue weighted by Crippen LogP contribution is 2.10. The van der Waals surface area contributed by atoms with Crippen LogP contribution in [0.2, 0.25) is 0 Å². The number of hydrogen-bond acceptors (Lipinski definition) is 0. The van der Waals surface area contributed by atoms with Crippen LogP contribution in [0, 0.1) is 0 Å². The molecule has 0 fully saturated rings. The zero-order valence-corrected chi connectivity index (χ0v) is 10.1. The molecule has 0 aliphatic heterocycles. The molecule has 1 nitrogen and oxygen atoms in total. The van der Waals surface area contributed by atoms with Crippen molar-refractivity contribution in [1.29, 1.82) is 0 Å². The van der Waals surface area contributed by atoms with Crippen LogP contribution in [-0.4, -0.2) is 6.04 Å². The molecular formula is C13H28N. The summed E-state index contributed by atoms with van der Waals surface area (Å²) in [7, 11) is 0. The van der Waals surface area contributed by atoms with Crippen molar-refractivity contribution in [2.24, 2.45) is 0 Å². The Morgan fingerprint density at radius 1 is 0.786 bits per heavy atom. The van der Waals surface area contributed by atoms with Gasteiger partial charge >= 0.3 is 0 Å². The van der Waals surface area contributed by atoms with Crippen LogP contribution in [0.25, 0.3) is 0 Å². The van der Waals surface area contributed by atoms with E-state index in [1.54, 1.807) is 0 Å². The summed E-state index contributed by atoms with van der Waals surface area (Å²) in [6.45, 7) is 4.26. The number of nitrogens with one attached hydrogen (secondary N) is 1. The van der Waals surface area contributed by atoms with Crippen LogP contribution in [0.4, 0.5) is 0 Å². The van der Waals surface area contributed by atoms with Gasteiger partial charge in [-0.1, -0.05) is 64.7 Å². The van der Waals surface area contributed by atoms with Crippen LogP contribution in [0.3, 0.4) is 0 Å². The monoisotopic (exact) mass is 198 g/mol. The lowest BCUT2D eigenvalue weighted by atomic mass is 10.1. The van der Waals surface area contributed by atoms with E-state index < -0.39 is 0 Å². The first-order valence-electron chi connectivity index (χ1n) is 6.48. The van der Waals surface area contributed by atoms with Crippen molar-refractivity contribution in [2.45, 2.75) is 84.1 Å². The zero-order chi connectivity index (χ0) is 10.6. The fraction of sp³-hybridized carbons (Fsp3) is 1.00. The Morgan fingerprint density at radius 2 is 1.21 bits per heavy atom. The molecule has 0 aromatic carbocycles. The topological polar surface area (TPSA) is 23.8 Å². The Kier molecular flexibility index (Phi) is 11.0. The van der Waals surface area contributed by atoms with E-state index in [1.165, 1.54) is 57.8 Å². The van der Waals surface area contributed by atoms with Crippen LogP contribution < -0.4 is 5.73 Å². The van der Waals surface area contributed by atoms with Crippen molar-refractivity contribution in [1.82, 2.24) is 5.73 Å². The van der Waals surface area contributed by atoms with E-state index >= 15 is 0 Å². The molecule has 0 spiro atoms. The summed E-state index contributed by atoms with van der Waals surface area (Å²) in [6, 6.07) is 0.152. The average molecular weight is 198 g/mol. The third kappa shape index (κ3) is 12.0. The van der Waals surface area contributed by atoms with Gasteiger partial charge in [0.15, 0.2) is 0 Å². The van der Waals surface area contributed by atoms with Gasteiger partial charge < -0.3 is 0 Å². The quantitative estimate of drug-likeness (QED) is 0.459. The molecule has 0 aromatic heterocycles. The number of rotatable bonds is 10. The van der Waals surface area contributed by atoms with Crippen LogP contribution in [-0.2, 0) is 0 Å². The Bertz CT molecular complexity index is 99.4. The van der Waals surface area contributed by atoms with Crippen molar-refractivity contribution in [2.75, 3.05) is 0 Å². The SMILES string of the molecule is CCCCCCCCCCCC(C)[NH]. The lowest BCUT2D eigenvalue weighted by Crippen LogP contribution is -2.01. The van der Waals surface area contributed by atoms with Crippen LogP contribution in [0.5, 0.6) is 0 Å². The van der Waals surface area contributed by atoms with E-state index in [2.05, 4.69) is 6.92 Å². The Morgan fingerprint density at radius 3 is 1.64 bits per heavy atom. The zero-order valence-electron chi connectivity index (χ0n) is 10.1. The molecule has 1 radical (unpaired) electrons. The second-order valence-electron chi connectivity index (χ2n) is 4.52. The Balaban J connectivity index is 2.85. The maximum Gasteiger partial charge on any atom is 0.0184 e. The normalized spacial score (nSPS) is 13.1. The second kappa shape index (κ2) is 11.0. The van der Waals surface area contributed by atoms with Gasteiger partial charge in [-0.2, -0.15) is 0 Å². The molecule has 1 atom stereocenters. The highest BCUT2D eigenvalue weighted by Gasteiger charge is 1.95. The molecule has 0 rings (SSSR count).